The number of rotatable bonds is 7. The number of hydrogen-bond donors (Lipinski definition) is 5. The quantitative estimate of drug-likeness (QED) is 0.194. The van der Waals surface area contributed by atoms with Crippen molar-refractivity contribution in [3.05, 3.63) is 95.1 Å². The highest BCUT2D eigenvalue weighted by Gasteiger charge is 2.32. The minimum atomic E-state index is -1.04. The Kier molecular flexibility index (Phi) is 12.4. The average molecular weight is 712 g/mol. The maximum atomic E-state index is 14.3. The number of imidazole rings is 1. The smallest absolute Gasteiger partial charge is 0.270 e. The van der Waals surface area contributed by atoms with Crippen LogP contribution in [0, 0.1) is 25.7 Å². The number of H-pyrrole nitrogens is 1. The Bertz CT molecular complexity index is 1830. The summed E-state index contributed by atoms with van der Waals surface area (Å²) in [6.45, 7) is 11.6. The number of nitrogens with one attached hydrogen (secondary N) is 5. The summed E-state index contributed by atoms with van der Waals surface area (Å²) >= 11 is 0. The van der Waals surface area contributed by atoms with Gasteiger partial charge in [-0.15, -0.1) is 0 Å². The van der Waals surface area contributed by atoms with Gasteiger partial charge in [-0.3, -0.25) is 19.2 Å². The van der Waals surface area contributed by atoms with Crippen LogP contribution in [0.5, 0.6) is 5.75 Å². The molecule has 0 fully saturated rings. The molecule has 0 aliphatic carbocycles. The van der Waals surface area contributed by atoms with Crippen molar-refractivity contribution in [3.8, 4) is 5.75 Å². The van der Waals surface area contributed by atoms with E-state index >= 15 is 0 Å². The third-order valence-electron chi connectivity index (χ3n) is 8.76. The first-order chi connectivity index (χ1) is 24.8. The highest BCUT2D eigenvalue weighted by molar-refractivity contribution is 5.97. The Labute approximate surface area is 303 Å². The molecule has 0 unspecified atom stereocenters. The lowest BCUT2D eigenvalue weighted by Gasteiger charge is -2.27. The zero-order chi connectivity index (χ0) is 37.4. The van der Waals surface area contributed by atoms with E-state index in [-0.39, 0.29) is 49.6 Å². The summed E-state index contributed by atoms with van der Waals surface area (Å²) < 4.78 is 7.64. The molecule has 2 aromatic carbocycles. The number of hydrogen-bond acceptors (Lipinski definition) is 8. The van der Waals surface area contributed by atoms with Crippen molar-refractivity contribution in [1.29, 1.82) is 0 Å². The molecule has 276 valence electrons. The second-order valence-corrected chi connectivity index (χ2v) is 14.1. The van der Waals surface area contributed by atoms with E-state index in [1.165, 1.54) is 10.9 Å². The fourth-order valence-electron chi connectivity index (χ4n) is 6.22. The lowest BCUT2D eigenvalue weighted by Crippen LogP contribution is -2.55. The first-order valence-electron chi connectivity index (χ1n) is 17.7. The van der Waals surface area contributed by atoms with Gasteiger partial charge in [0.1, 0.15) is 48.3 Å². The lowest BCUT2D eigenvalue weighted by molar-refractivity contribution is -0.130. The van der Waals surface area contributed by atoms with E-state index in [1.54, 1.807) is 26.0 Å². The SMILES string of the molecule is Cc1nc2n(n1)CC(=O)N[C@@H](CC(C)C)COc1ccc(cc1)C[C@H](NC(=O)c1cnc(C)[nH]1)C(=O)N[C@@H](Cc1ccccc1)C(=O)N[C@H]2C(C)C. The molecule has 6 rings (SSSR count). The van der Waals surface area contributed by atoms with Crippen LogP contribution in [0.25, 0.3) is 0 Å². The molecule has 0 saturated heterocycles. The van der Waals surface area contributed by atoms with Gasteiger partial charge in [0.25, 0.3) is 5.91 Å². The zero-order valence-electron chi connectivity index (χ0n) is 30.6. The fraction of sp³-hybridized carbons (Fsp3) is 0.447. The van der Waals surface area contributed by atoms with Crippen molar-refractivity contribution in [1.82, 2.24) is 46.0 Å². The molecule has 2 aromatic heterocycles. The molecule has 52 heavy (non-hydrogen) atoms. The van der Waals surface area contributed by atoms with Gasteiger partial charge in [-0.05, 0) is 55.4 Å². The topological polar surface area (TPSA) is 185 Å². The monoisotopic (exact) mass is 711 g/mol. The number of aryl methyl sites for hydroxylation is 2. The molecule has 0 saturated carbocycles. The molecule has 2 aliphatic rings. The van der Waals surface area contributed by atoms with E-state index < -0.39 is 35.8 Å². The third kappa shape index (κ3) is 10.3. The normalized spacial score (nSPS) is 20.4. The average Bonchev–Trinajstić information content (AvgIpc) is 3.69. The predicted molar refractivity (Wildman–Crippen MR) is 194 cm³/mol. The van der Waals surface area contributed by atoms with E-state index in [4.69, 9.17) is 4.74 Å². The number of ether oxygens (including phenoxy) is 1. The second-order valence-electron chi connectivity index (χ2n) is 14.1. The van der Waals surface area contributed by atoms with Crippen LogP contribution in [0.2, 0.25) is 0 Å². The zero-order valence-corrected chi connectivity index (χ0v) is 30.6. The van der Waals surface area contributed by atoms with Crippen LogP contribution >= 0.6 is 0 Å². The summed E-state index contributed by atoms with van der Waals surface area (Å²) in [4.78, 5) is 66.9. The van der Waals surface area contributed by atoms with Gasteiger partial charge in [-0.2, -0.15) is 5.10 Å². The predicted octanol–water partition coefficient (Wildman–Crippen LogP) is 3.12. The first kappa shape index (κ1) is 37.7. The van der Waals surface area contributed by atoms with Gasteiger partial charge in [-0.1, -0.05) is 70.2 Å². The Hall–Kier alpha value is -5.53. The molecule has 5 N–H and O–H groups in total. The Morgan fingerprint density at radius 2 is 1.69 bits per heavy atom. The molecule has 14 heteroatoms. The Balaban J connectivity index is 1.53. The van der Waals surface area contributed by atoms with Crippen LogP contribution in [-0.4, -0.2) is 73.1 Å². The van der Waals surface area contributed by atoms with Crippen LogP contribution in [0.4, 0.5) is 0 Å². The van der Waals surface area contributed by atoms with Crippen LogP contribution in [0.15, 0.2) is 60.8 Å². The number of aromatic nitrogens is 5. The van der Waals surface area contributed by atoms with Gasteiger partial charge >= 0.3 is 0 Å². The largest absolute Gasteiger partial charge is 0.491 e. The Morgan fingerprint density at radius 1 is 0.962 bits per heavy atom. The van der Waals surface area contributed by atoms with Gasteiger partial charge in [0.2, 0.25) is 17.7 Å². The molecule has 4 heterocycles. The van der Waals surface area contributed by atoms with E-state index in [9.17, 15) is 19.2 Å². The van der Waals surface area contributed by atoms with E-state index in [0.29, 0.717) is 35.6 Å². The number of benzene rings is 2. The molecule has 14 nitrogen and oxygen atoms in total. The van der Waals surface area contributed by atoms with E-state index in [2.05, 4.69) is 55.2 Å². The number of amides is 4. The standard InChI is InChI=1S/C38H49N9O5/c1-22(2)16-28-21-52-29-14-12-27(13-15-29)18-30(44-38(51)32-19-39-24(5)40-32)36(49)43-31(17-26-10-8-7-9-11-26)37(50)45-34(23(3)4)35-41-25(6)46-47(35)20-33(48)42-28/h7-15,19,22-23,28,30-31,34H,16-18,20-21H2,1-6H3,(H,39,40)(H,42,48)(H,43,49)(H,44,51)(H,45,50)/t28-,30-,31-,34-/m0/s1. The van der Waals surface area contributed by atoms with E-state index in [1.807, 2.05) is 56.3 Å². The summed E-state index contributed by atoms with van der Waals surface area (Å²) in [5.74, 6) is 0.402. The minimum absolute atomic E-state index is 0.111. The van der Waals surface area contributed by atoms with Gasteiger partial charge in [-0.25, -0.2) is 14.6 Å². The molecule has 2 aliphatic heterocycles. The van der Waals surface area contributed by atoms with Gasteiger partial charge in [0.15, 0.2) is 5.82 Å². The summed E-state index contributed by atoms with van der Waals surface area (Å²) in [7, 11) is 0. The summed E-state index contributed by atoms with van der Waals surface area (Å²) in [5.41, 5.74) is 1.80. The molecule has 4 amide bonds. The number of carbonyl (C=O) groups is 4. The van der Waals surface area contributed by atoms with Crippen LogP contribution < -0.4 is 26.0 Å². The van der Waals surface area contributed by atoms with Crippen molar-refractivity contribution < 1.29 is 23.9 Å². The van der Waals surface area contributed by atoms with Crippen LogP contribution in [-0.2, 0) is 33.8 Å². The molecular weight excluding hydrogens is 662 g/mol. The first-order valence-corrected chi connectivity index (χ1v) is 17.7. The fourth-order valence-corrected chi connectivity index (χ4v) is 6.22. The molecule has 0 spiro atoms. The van der Waals surface area contributed by atoms with Crippen LogP contribution in [0.3, 0.4) is 0 Å². The van der Waals surface area contributed by atoms with Gasteiger partial charge in [0, 0.05) is 12.8 Å². The summed E-state index contributed by atoms with van der Waals surface area (Å²) in [6.07, 6.45) is 2.41. The summed E-state index contributed by atoms with van der Waals surface area (Å²) in [6, 6.07) is 13.6. The highest BCUT2D eigenvalue weighted by Crippen LogP contribution is 2.22. The number of fused-ring (bicyclic) bond motifs is 14. The number of aromatic amines is 1. The highest BCUT2D eigenvalue weighted by atomic mass is 16.5. The van der Waals surface area contributed by atoms with Crippen molar-refractivity contribution >= 4 is 23.6 Å². The van der Waals surface area contributed by atoms with Crippen molar-refractivity contribution in [2.45, 2.75) is 91.5 Å². The molecular formula is C38H49N9O5. The lowest BCUT2D eigenvalue weighted by atomic mass is 10.00. The maximum Gasteiger partial charge on any atom is 0.270 e. The van der Waals surface area contributed by atoms with Crippen molar-refractivity contribution in [2.24, 2.45) is 11.8 Å². The van der Waals surface area contributed by atoms with Crippen molar-refractivity contribution in [2.75, 3.05) is 6.61 Å². The Morgan fingerprint density at radius 3 is 2.35 bits per heavy atom. The minimum Gasteiger partial charge on any atom is -0.491 e. The van der Waals surface area contributed by atoms with Crippen molar-refractivity contribution in [3.63, 3.8) is 0 Å². The molecule has 4 atom stereocenters. The molecule has 2 bridgehead atoms. The number of carbonyl (C=O) groups excluding carboxylic acids is 4. The molecule has 4 aromatic rings. The number of nitrogens with zero attached hydrogens (tertiary/aromatic N) is 4. The third-order valence-corrected chi connectivity index (χ3v) is 8.76. The van der Waals surface area contributed by atoms with Gasteiger partial charge < -0.3 is 31.0 Å². The summed E-state index contributed by atoms with van der Waals surface area (Å²) in [5, 5.41) is 16.5. The van der Waals surface area contributed by atoms with Crippen LogP contribution in [0.1, 0.15) is 79.2 Å². The molecule has 0 radical (unpaired) electrons. The van der Waals surface area contributed by atoms with E-state index in [0.717, 1.165) is 11.1 Å². The second kappa shape index (κ2) is 17.1. The maximum absolute atomic E-state index is 14.3. The van der Waals surface area contributed by atoms with Gasteiger partial charge in [0.05, 0.1) is 18.3 Å².